The van der Waals surface area contributed by atoms with Crippen molar-refractivity contribution in [3.63, 3.8) is 0 Å². The van der Waals surface area contributed by atoms with Gasteiger partial charge in [0, 0.05) is 0 Å². The number of rotatable bonds is 8. The van der Waals surface area contributed by atoms with Gasteiger partial charge in [-0.15, -0.1) is 0 Å². The van der Waals surface area contributed by atoms with Gasteiger partial charge in [-0.25, -0.2) is 0 Å². The summed E-state index contributed by atoms with van der Waals surface area (Å²) in [5.74, 6) is 14.6. The van der Waals surface area contributed by atoms with Crippen molar-refractivity contribution in [1.82, 2.24) is 0 Å². The van der Waals surface area contributed by atoms with Crippen molar-refractivity contribution < 1.29 is 0 Å². The Morgan fingerprint density at radius 3 is 1.24 bits per heavy atom. The van der Waals surface area contributed by atoms with E-state index in [9.17, 15) is 10.5 Å². The summed E-state index contributed by atoms with van der Waals surface area (Å²) in [6.45, 7) is 0. The maximum absolute atomic E-state index is 9.63. The molecule has 0 amide bonds. The molecule has 262 valence electrons. The maximum atomic E-state index is 9.63. The van der Waals surface area contributed by atoms with Gasteiger partial charge in [0.05, 0.1) is 0 Å². The van der Waals surface area contributed by atoms with Crippen molar-refractivity contribution in [2.24, 2.45) is 0 Å². The Morgan fingerprint density at radius 1 is 0.407 bits per heavy atom. The third kappa shape index (κ3) is 6.40. The molecule has 8 aromatic rings. The molecular formula is C48H42Ge2N4. The first kappa shape index (κ1) is 35.5. The van der Waals surface area contributed by atoms with Crippen LogP contribution in [-0.2, 0) is 0 Å². The Bertz CT molecular complexity index is 2740. The molecule has 0 spiro atoms. The fraction of sp³-hybridized carbons (Fsp3) is 0.125. The average molecular weight is 820 g/mol. The molecule has 0 bridgehead atoms. The van der Waals surface area contributed by atoms with E-state index in [0.29, 0.717) is 11.1 Å². The van der Waals surface area contributed by atoms with Gasteiger partial charge in [0.15, 0.2) is 0 Å². The van der Waals surface area contributed by atoms with Crippen LogP contribution in [0.2, 0.25) is 34.5 Å². The molecule has 0 aliphatic heterocycles. The molecule has 0 saturated carbocycles. The summed E-state index contributed by atoms with van der Waals surface area (Å²) >= 11 is -4.21. The van der Waals surface area contributed by atoms with E-state index in [4.69, 9.17) is 0 Å². The Morgan fingerprint density at radius 2 is 0.815 bits per heavy atom. The number of nitriles is 2. The second-order valence-electron chi connectivity index (χ2n) is 16.2. The van der Waals surface area contributed by atoms with E-state index in [1.165, 1.54) is 35.7 Å². The molecule has 0 saturated heterocycles. The van der Waals surface area contributed by atoms with Crippen LogP contribution in [-0.4, -0.2) is 26.5 Å². The summed E-state index contributed by atoms with van der Waals surface area (Å²) in [5, 5.41) is 26.4. The molecule has 0 heterocycles. The minimum atomic E-state index is -2.17. The molecule has 8 aromatic carbocycles. The van der Waals surface area contributed by atoms with Crippen molar-refractivity contribution in [3.05, 3.63) is 157 Å². The molecule has 0 aromatic heterocycles. The SMILES string of the molecule is [CH3][Ge]([CH3])([CH3])[c]1ccc(N(c2ccc(C#N)cc2)c2ccc3ccc4c(N(c5ccc(C#N)cc5)c5ccc[c]([Ge]([CH3])([CH3])[CH3])c5)ccc5ccc2c3c54)cc1. The quantitative estimate of drug-likeness (QED) is 0.113. The molecule has 54 heavy (non-hydrogen) atoms. The zero-order chi connectivity index (χ0) is 37.8. The van der Waals surface area contributed by atoms with Crippen LogP contribution in [0.5, 0.6) is 0 Å². The van der Waals surface area contributed by atoms with E-state index in [0.717, 1.165) is 39.5 Å². The van der Waals surface area contributed by atoms with Gasteiger partial charge in [-0.3, -0.25) is 0 Å². The Labute approximate surface area is 323 Å². The first-order valence-corrected chi connectivity index (χ1v) is 33.2. The van der Waals surface area contributed by atoms with Gasteiger partial charge in [0.25, 0.3) is 0 Å². The van der Waals surface area contributed by atoms with Crippen molar-refractivity contribution >= 4 is 102 Å². The van der Waals surface area contributed by atoms with Crippen LogP contribution in [0.25, 0.3) is 32.3 Å². The second kappa shape index (κ2) is 13.7. The topological polar surface area (TPSA) is 54.1 Å². The number of nitrogens with zero attached hydrogens (tertiary/aromatic N) is 4. The van der Waals surface area contributed by atoms with E-state index in [1.54, 1.807) is 0 Å². The normalized spacial score (nSPS) is 11.9. The molecule has 0 aliphatic carbocycles. The monoisotopic (exact) mass is 822 g/mol. The molecule has 0 atom stereocenters. The van der Waals surface area contributed by atoms with Crippen molar-refractivity contribution in [1.29, 1.82) is 10.5 Å². The molecule has 0 aliphatic rings. The first-order chi connectivity index (χ1) is 25.9. The van der Waals surface area contributed by atoms with E-state index in [-0.39, 0.29) is 0 Å². The molecule has 8 rings (SSSR count). The van der Waals surface area contributed by atoms with Gasteiger partial charge in [0.2, 0.25) is 0 Å². The molecule has 0 fully saturated rings. The van der Waals surface area contributed by atoms with Gasteiger partial charge in [-0.1, -0.05) is 0 Å². The van der Waals surface area contributed by atoms with Crippen LogP contribution in [0.4, 0.5) is 34.1 Å². The molecule has 0 N–H and O–H groups in total. The van der Waals surface area contributed by atoms with E-state index in [2.05, 4.69) is 178 Å². The molecular weight excluding hydrogens is 778 g/mol. The van der Waals surface area contributed by atoms with Gasteiger partial charge < -0.3 is 0 Å². The van der Waals surface area contributed by atoms with Crippen molar-refractivity contribution in [2.75, 3.05) is 9.80 Å². The second-order valence-corrected chi connectivity index (χ2v) is 37.5. The van der Waals surface area contributed by atoms with Crippen molar-refractivity contribution in [3.8, 4) is 12.1 Å². The van der Waals surface area contributed by atoms with Crippen LogP contribution >= 0.6 is 0 Å². The van der Waals surface area contributed by atoms with E-state index in [1.807, 2.05) is 24.3 Å². The Kier molecular flexibility index (Phi) is 9.01. The zero-order valence-electron chi connectivity index (χ0n) is 31.6. The summed E-state index contributed by atoms with van der Waals surface area (Å²) in [4.78, 5) is 4.69. The van der Waals surface area contributed by atoms with Gasteiger partial charge in [-0.05, 0) is 0 Å². The summed E-state index contributed by atoms with van der Waals surface area (Å²) in [6.07, 6.45) is 0. The molecule has 4 nitrogen and oxygen atoms in total. The third-order valence-corrected chi connectivity index (χ3v) is 19.2. The molecule has 6 heteroatoms. The fourth-order valence-electron chi connectivity index (χ4n) is 7.61. The van der Waals surface area contributed by atoms with Crippen LogP contribution in [0, 0.1) is 22.7 Å². The standard InChI is InChI=1S/C48H42Ge2N4/c1-49(2,3)37-18-24-41(25-19-37)53(39-20-10-33(31-51)11-21-39)45-28-16-35-15-27-44-46(29-17-36-14-26-43(45)47(35)48(36)44)54(40-22-12-34(32-52)13-23-40)42-9-7-8-38(30-42)50(4,5)6/h7-30H,1-6H3. The van der Waals surface area contributed by atoms with Gasteiger partial charge >= 0.3 is 325 Å². The van der Waals surface area contributed by atoms with Crippen LogP contribution < -0.4 is 18.6 Å². The van der Waals surface area contributed by atoms with E-state index >= 15 is 0 Å². The number of anilines is 6. The third-order valence-electron chi connectivity index (χ3n) is 10.6. The van der Waals surface area contributed by atoms with Gasteiger partial charge in [-0.2, -0.15) is 0 Å². The van der Waals surface area contributed by atoms with Gasteiger partial charge in [0.1, 0.15) is 0 Å². The molecule has 0 unspecified atom stereocenters. The summed E-state index contributed by atoms with van der Waals surface area (Å²) in [5.41, 5.74) is 7.68. The average Bonchev–Trinajstić information content (AvgIpc) is 3.18. The van der Waals surface area contributed by atoms with Crippen LogP contribution in [0.1, 0.15) is 11.1 Å². The first-order valence-electron chi connectivity index (χ1n) is 18.5. The fourth-order valence-corrected chi connectivity index (χ4v) is 12.5. The number of hydrogen-bond donors (Lipinski definition) is 0. The number of benzene rings is 8. The van der Waals surface area contributed by atoms with Crippen molar-refractivity contribution in [2.45, 2.75) is 34.5 Å². The zero-order valence-corrected chi connectivity index (χ0v) is 35.8. The Balaban J connectivity index is 1.38. The molecule has 0 radical (unpaired) electrons. The summed E-state index contributed by atoms with van der Waals surface area (Å²) in [6, 6.07) is 56.6. The predicted octanol–water partition coefficient (Wildman–Crippen LogP) is 12.4. The summed E-state index contributed by atoms with van der Waals surface area (Å²) < 4.78 is 2.90. The minimum absolute atomic E-state index is 0.640. The summed E-state index contributed by atoms with van der Waals surface area (Å²) in [7, 11) is 0. The number of hydrogen-bond acceptors (Lipinski definition) is 4. The van der Waals surface area contributed by atoms with Crippen LogP contribution in [0.3, 0.4) is 0 Å². The predicted molar refractivity (Wildman–Crippen MR) is 235 cm³/mol. The van der Waals surface area contributed by atoms with E-state index < -0.39 is 26.5 Å². The Hall–Kier alpha value is -5.53. The van der Waals surface area contributed by atoms with Crippen LogP contribution in [0.15, 0.2) is 146 Å².